The number of rotatable bonds is 3. The molecule has 1 saturated heterocycles. The van der Waals surface area contributed by atoms with Gasteiger partial charge in [0.25, 0.3) is 11.6 Å². The third kappa shape index (κ3) is 2.82. The van der Waals surface area contributed by atoms with Gasteiger partial charge in [-0.3, -0.25) is 19.7 Å². The predicted molar refractivity (Wildman–Crippen MR) is 65.9 cm³/mol. The number of carbonyl (C=O) groups excluding carboxylic acids is 1. The Kier molecular flexibility index (Phi) is 3.96. The van der Waals surface area contributed by atoms with E-state index in [0.717, 1.165) is 12.8 Å². The van der Waals surface area contributed by atoms with Crippen LogP contribution in [0.1, 0.15) is 23.2 Å². The summed E-state index contributed by atoms with van der Waals surface area (Å²) in [6, 6.07) is 3.92. The molecule has 0 aromatic heterocycles. The summed E-state index contributed by atoms with van der Waals surface area (Å²) in [7, 11) is 1.41. The number of nitro groups is 1. The second kappa shape index (κ2) is 5.66. The van der Waals surface area contributed by atoms with Gasteiger partial charge in [0, 0.05) is 18.7 Å². The van der Waals surface area contributed by atoms with Crippen LogP contribution in [0.4, 0.5) is 5.69 Å². The van der Waals surface area contributed by atoms with Crippen molar-refractivity contribution in [3.8, 4) is 5.75 Å². The summed E-state index contributed by atoms with van der Waals surface area (Å²) in [5, 5.41) is 12.0. The quantitative estimate of drug-likeness (QED) is 0.615. The van der Waals surface area contributed by atoms with E-state index in [-0.39, 0.29) is 11.3 Å². The van der Waals surface area contributed by atoms with Gasteiger partial charge in [0.2, 0.25) is 0 Å². The molecule has 1 aromatic rings. The summed E-state index contributed by atoms with van der Waals surface area (Å²) in [5.41, 5.74) is -0.0141. The maximum absolute atomic E-state index is 12.3. The number of benzene rings is 1. The maximum atomic E-state index is 12.3. The minimum Gasteiger partial charge on any atom is -0.496 e. The monoisotopic (exact) mass is 266 g/mol. The number of hydroxylamine groups is 2. The Balaban J connectivity index is 2.32. The molecule has 7 nitrogen and oxygen atoms in total. The molecule has 0 radical (unpaired) electrons. The van der Waals surface area contributed by atoms with Crippen LogP contribution in [0, 0.1) is 10.1 Å². The van der Waals surface area contributed by atoms with Gasteiger partial charge in [-0.1, -0.05) is 0 Å². The van der Waals surface area contributed by atoms with Crippen molar-refractivity contribution in [1.29, 1.82) is 0 Å². The third-order valence-electron chi connectivity index (χ3n) is 2.85. The summed E-state index contributed by atoms with van der Waals surface area (Å²) < 4.78 is 5.07. The second-order valence-electron chi connectivity index (χ2n) is 4.09. The lowest BCUT2D eigenvalue weighted by atomic mass is 10.1. The molecular formula is C12H14N2O5. The van der Waals surface area contributed by atoms with E-state index in [1.807, 2.05) is 0 Å². The molecule has 0 unspecified atom stereocenters. The summed E-state index contributed by atoms with van der Waals surface area (Å²) in [6.45, 7) is 0.952. The van der Waals surface area contributed by atoms with Gasteiger partial charge in [-0.2, -0.15) is 0 Å². The minimum absolute atomic E-state index is 0.138. The first-order valence-electron chi connectivity index (χ1n) is 5.90. The average Bonchev–Trinajstić information content (AvgIpc) is 2.46. The zero-order valence-corrected chi connectivity index (χ0v) is 10.5. The molecule has 7 heteroatoms. The van der Waals surface area contributed by atoms with E-state index >= 15 is 0 Å². The van der Waals surface area contributed by atoms with Gasteiger partial charge in [0.15, 0.2) is 0 Å². The first-order chi connectivity index (χ1) is 9.13. The smallest absolute Gasteiger partial charge is 0.281 e. The standard InChI is InChI=1S/C12H14N2O5/c1-18-11-5-4-9(14(16)17)8-10(11)12(15)13-6-2-3-7-19-13/h4-5,8H,2-3,6-7H2,1H3. The van der Waals surface area contributed by atoms with Crippen LogP contribution in [0.15, 0.2) is 18.2 Å². The van der Waals surface area contributed by atoms with Crippen LogP contribution in [0.5, 0.6) is 5.75 Å². The van der Waals surface area contributed by atoms with Crippen LogP contribution in [-0.4, -0.2) is 36.2 Å². The Hall–Kier alpha value is -2.15. The van der Waals surface area contributed by atoms with Gasteiger partial charge in [0.05, 0.1) is 24.2 Å². The van der Waals surface area contributed by atoms with Crippen molar-refractivity contribution in [2.45, 2.75) is 12.8 Å². The van der Waals surface area contributed by atoms with Gasteiger partial charge >= 0.3 is 0 Å². The highest BCUT2D eigenvalue weighted by atomic mass is 16.7. The first kappa shape index (κ1) is 13.3. The number of nitro benzene ring substituents is 1. The van der Waals surface area contributed by atoms with Crippen molar-refractivity contribution >= 4 is 11.6 Å². The van der Waals surface area contributed by atoms with Gasteiger partial charge in [-0.05, 0) is 18.9 Å². The summed E-state index contributed by atoms with van der Waals surface area (Å²) in [6.07, 6.45) is 1.75. The lowest BCUT2D eigenvalue weighted by Crippen LogP contribution is -2.35. The lowest BCUT2D eigenvalue weighted by Gasteiger charge is -2.26. The highest BCUT2D eigenvalue weighted by Crippen LogP contribution is 2.26. The number of methoxy groups -OCH3 is 1. The molecule has 0 spiro atoms. The molecule has 0 aliphatic carbocycles. The molecule has 1 aromatic carbocycles. The average molecular weight is 266 g/mol. The first-order valence-corrected chi connectivity index (χ1v) is 5.90. The number of hydrogen-bond acceptors (Lipinski definition) is 5. The summed E-state index contributed by atoms with van der Waals surface area (Å²) in [4.78, 5) is 27.7. The Labute approximate surface area is 109 Å². The molecule has 0 saturated carbocycles. The topological polar surface area (TPSA) is 81.9 Å². The van der Waals surface area contributed by atoms with Crippen LogP contribution >= 0.6 is 0 Å². The van der Waals surface area contributed by atoms with Crippen molar-refractivity contribution in [2.75, 3.05) is 20.3 Å². The SMILES string of the molecule is COc1ccc([N+](=O)[O-])cc1C(=O)N1CCCCO1. The number of nitrogens with zero attached hydrogens (tertiary/aromatic N) is 2. The minimum atomic E-state index is -0.548. The molecule has 1 fully saturated rings. The van der Waals surface area contributed by atoms with Crippen LogP contribution in [0.2, 0.25) is 0 Å². The maximum Gasteiger partial charge on any atom is 0.281 e. The molecule has 0 atom stereocenters. The normalized spacial score (nSPS) is 15.1. The number of non-ortho nitro benzene ring substituents is 1. The molecule has 0 bridgehead atoms. The van der Waals surface area contributed by atoms with Gasteiger partial charge in [0.1, 0.15) is 5.75 Å². The summed E-state index contributed by atoms with van der Waals surface area (Å²) in [5.74, 6) is -0.120. The second-order valence-corrected chi connectivity index (χ2v) is 4.09. The fourth-order valence-corrected chi connectivity index (χ4v) is 1.87. The molecular weight excluding hydrogens is 252 g/mol. The van der Waals surface area contributed by atoms with Gasteiger partial charge in [-0.15, -0.1) is 0 Å². The molecule has 1 heterocycles. The number of amides is 1. The molecule has 1 aliphatic heterocycles. The van der Waals surface area contributed by atoms with Crippen molar-refractivity contribution in [2.24, 2.45) is 0 Å². The highest BCUT2D eigenvalue weighted by Gasteiger charge is 2.24. The largest absolute Gasteiger partial charge is 0.496 e. The Bertz CT molecular complexity index is 497. The van der Waals surface area contributed by atoms with Crippen LogP contribution in [0.3, 0.4) is 0 Å². The van der Waals surface area contributed by atoms with Crippen molar-refractivity contribution in [3.63, 3.8) is 0 Å². The summed E-state index contributed by atoms with van der Waals surface area (Å²) >= 11 is 0. The molecule has 2 rings (SSSR count). The number of hydrogen-bond donors (Lipinski definition) is 0. The van der Waals surface area contributed by atoms with E-state index in [9.17, 15) is 14.9 Å². The van der Waals surface area contributed by atoms with E-state index < -0.39 is 10.8 Å². The van der Waals surface area contributed by atoms with Crippen molar-refractivity contribution in [3.05, 3.63) is 33.9 Å². The highest BCUT2D eigenvalue weighted by molar-refractivity contribution is 5.97. The zero-order valence-electron chi connectivity index (χ0n) is 10.5. The Morgan fingerprint density at radius 2 is 2.26 bits per heavy atom. The molecule has 1 amide bonds. The van der Waals surface area contributed by atoms with Crippen LogP contribution in [-0.2, 0) is 4.84 Å². The Morgan fingerprint density at radius 1 is 1.47 bits per heavy atom. The molecule has 0 N–H and O–H groups in total. The van der Waals surface area contributed by atoms with Gasteiger partial charge < -0.3 is 4.74 Å². The molecule has 1 aliphatic rings. The van der Waals surface area contributed by atoms with E-state index in [0.29, 0.717) is 18.9 Å². The Morgan fingerprint density at radius 3 is 2.84 bits per heavy atom. The van der Waals surface area contributed by atoms with E-state index in [1.165, 1.54) is 30.4 Å². The van der Waals surface area contributed by atoms with Gasteiger partial charge in [-0.25, -0.2) is 5.06 Å². The van der Waals surface area contributed by atoms with E-state index in [4.69, 9.17) is 9.57 Å². The third-order valence-corrected chi connectivity index (χ3v) is 2.85. The van der Waals surface area contributed by atoms with Crippen molar-refractivity contribution < 1.29 is 19.3 Å². The van der Waals surface area contributed by atoms with Crippen LogP contribution in [0.25, 0.3) is 0 Å². The number of ether oxygens (including phenoxy) is 1. The van der Waals surface area contributed by atoms with Crippen molar-refractivity contribution in [1.82, 2.24) is 5.06 Å². The fraction of sp³-hybridized carbons (Fsp3) is 0.417. The number of carbonyl (C=O) groups is 1. The lowest BCUT2D eigenvalue weighted by molar-refractivity contribution is -0.384. The van der Waals surface area contributed by atoms with Crippen LogP contribution < -0.4 is 4.74 Å². The molecule has 19 heavy (non-hydrogen) atoms. The zero-order chi connectivity index (χ0) is 13.8. The van der Waals surface area contributed by atoms with E-state index in [1.54, 1.807) is 0 Å². The molecule has 102 valence electrons. The fourth-order valence-electron chi connectivity index (χ4n) is 1.87. The van der Waals surface area contributed by atoms with E-state index in [2.05, 4.69) is 0 Å². The predicted octanol–water partition coefficient (Wildman–Crippen LogP) is 1.77.